The molecule has 0 bridgehead atoms. The van der Waals surface area contributed by atoms with Crippen LogP contribution in [-0.4, -0.2) is 34.6 Å². The molecule has 3 unspecified atom stereocenters. The summed E-state index contributed by atoms with van der Waals surface area (Å²) >= 11 is 0. The Bertz CT molecular complexity index is 402. The smallest absolute Gasteiger partial charge is 0.0736 e. The van der Waals surface area contributed by atoms with E-state index in [1.807, 2.05) is 11.7 Å². The standard InChI is InChI=1S/C15H27N3O/c1-5-12-9-13(18(4)17-12)10-14(16-6-2)15-8-7-11(3)19-15/h9,11,14-16H,5-8,10H2,1-4H3. The van der Waals surface area contributed by atoms with E-state index in [2.05, 4.69) is 37.3 Å². The van der Waals surface area contributed by atoms with Crippen LogP contribution >= 0.6 is 0 Å². The van der Waals surface area contributed by atoms with Crippen molar-refractivity contribution in [2.24, 2.45) is 7.05 Å². The van der Waals surface area contributed by atoms with E-state index in [1.165, 1.54) is 17.8 Å². The molecule has 1 saturated heterocycles. The Morgan fingerprint density at radius 3 is 2.79 bits per heavy atom. The highest BCUT2D eigenvalue weighted by Gasteiger charge is 2.29. The first-order chi connectivity index (χ1) is 9.13. The van der Waals surface area contributed by atoms with Gasteiger partial charge in [0, 0.05) is 25.2 Å². The fourth-order valence-corrected chi connectivity index (χ4v) is 2.89. The molecular weight excluding hydrogens is 238 g/mol. The van der Waals surface area contributed by atoms with Gasteiger partial charge in [0.2, 0.25) is 0 Å². The number of aromatic nitrogens is 2. The molecule has 0 saturated carbocycles. The second-order valence-corrected chi connectivity index (χ2v) is 5.53. The highest BCUT2D eigenvalue weighted by molar-refractivity contribution is 5.12. The fourth-order valence-electron chi connectivity index (χ4n) is 2.89. The van der Waals surface area contributed by atoms with Crippen molar-refractivity contribution in [3.05, 3.63) is 17.5 Å². The SMILES string of the molecule is CCNC(Cc1cc(CC)nn1C)C1CCC(C)O1. The lowest BCUT2D eigenvalue weighted by Gasteiger charge is -2.24. The van der Waals surface area contributed by atoms with Gasteiger partial charge in [-0.05, 0) is 38.8 Å². The first-order valence-electron chi connectivity index (χ1n) is 7.54. The van der Waals surface area contributed by atoms with Gasteiger partial charge in [-0.1, -0.05) is 13.8 Å². The summed E-state index contributed by atoms with van der Waals surface area (Å²) in [5.41, 5.74) is 2.47. The molecule has 0 radical (unpaired) electrons. The third-order valence-corrected chi connectivity index (χ3v) is 4.00. The molecule has 0 amide bonds. The number of nitrogens with one attached hydrogen (secondary N) is 1. The molecule has 1 aliphatic heterocycles. The monoisotopic (exact) mass is 265 g/mol. The van der Waals surface area contributed by atoms with Gasteiger partial charge < -0.3 is 10.1 Å². The zero-order chi connectivity index (χ0) is 13.8. The molecule has 0 aromatic carbocycles. The summed E-state index contributed by atoms with van der Waals surface area (Å²) in [6.45, 7) is 7.46. The van der Waals surface area contributed by atoms with E-state index in [-0.39, 0.29) is 0 Å². The first-order valence-corrected chi connectivity index (χ1v) is 7.54. The maximum Gasteiger partial charge on any atom is 0.0736 e. The number of aryl methyl sites for hydroxylation is 2. The predicted octanol–water partition coefficient (Wildman–Crippen LogP) is 2.07. The van der Waals surface area contributed by atoms with Crippen LogP contribution in [0.5, 0.6) is 0 Å². The number of hydrogen-bond donors (Lipinski definition) is 1. The van der Waals surface area contributed by atoms with Gasteiger partial charge in [-0.2, -0.15) is 5.10 Å². The zero-order valence-electron chi connectivity index (χ0n) is 12.6. The van der Waals surface area contributed by atoms with Crippen LogP contribution in [0.4, 0.5) is 0 Å². The summed E-state index contributed by atoms with van der Waals surface area (Å²) in [5.74, 6) is 0. The Hall–Kier alpha value is -0.870. The molecule has 108 valence electrons. The summed E-state index contributed by atoms with van der Waals surface area (Å²) < 4.78 is 8.04. The molecule has 4 nitrogen and oxygen atoms in total. The quantitative estimate of drug-likeness (QED) is 0.856. The molecule has 4 heteroatoms. The molecule has 1 aromatic rings. The van der Waals surface area contributed by atoms with Crippen LogP contribution in [0.3, 0.4) is 0 Å². The minimum absolute atomic E-state index is 0.343. The van der Waals surface area contributed by atoms with Crippen molar-refractivity contribution in [2.75, 3.05) is 6.54 Å². The van der Waals surface area contributed by atoms with Crippen LogP contribution in [0.15, 0.2) is 6.07 Å². The number of ether oxygens (including phenoxy) is 1. The van der Waals surface area contributed by atoms with Gasteiger partial charge in [0.1, 0.15) is 0 Å². The van der Waals surface area contributed by atoms with Crippen LogP contribution in [0, 0.1) is 0 Å². The van der Waals surface area contributed by atoms with Crippen molar-refractivity contribution in [2.45, 2.75) is 64.7 Å². The highest BCUT2D eigenvalue weighted by atomic mass is 16.5. The number of hydrogen-bond acceptors (Lipinski definition) is 3. The Morgan fingerprint density at radius 2 is 2.26 bits per heavy atom. The van der Waals surface area contributed by atoms with Gasteiger partial charge in [0.05, 0.1) is 17.9 Å². The summed E-state index contributed by atoms with van der Waals surface area (Å²) in [5, 5.41) is 8.11. The van der Waals surface area contributed by atoms with Crippen molar-refractivity contribution >= 4 is 0 Å². The topological polar surface area (TPSA) is 39.1 Å². The van der Waals surface area contributed by atoms with Crippen LogP contribution < -0.4 is 5.32 Å². The Morgan fingerprint density at radius 1 is 1.47 bits per heavy atom. The minimum atomic E-state index is 0.343. The van der Waals surface area contributed by atoms with Gasteiger partial charge in [0.25, 0.3) is 0 Å². The maximum absolute atomic E-state index is 6.03. The largest absolute Gasteiger partial charge is 0.374 e. The van der Waals surface area contributed by atoms with Gasteiger partial charge in [-0.25, -0.2) is 0 Å². The van der Waals surface area contributed by atoms with Gasteiger partial charge in [-0.3, -0.25) is 4.68 Å². The Balaban J connectivity index is 2.05. The summed E-state index contributed by atoms with van der Waals surface area (Å²) in [6, 6.07) is 2.62. The van der Waals surface area contributed by atoms with E-state index >= 15 is 0 Å². The molecule has 1 aliphatic rings. The van der Waals surface area contributed by atoms with Crippen molar-refractivity contribution < 1.29 is 4.74 Å². The van der Waals surface area contributed by atoms with Crippen LogP contribution in [-0.2, 0) is 24.6 Å². The molecule has 1 aromatic heterocycles. The predicted molar refractivity (Wildman–Crippen MR) is 77.3 cm³/mol. The molecule has 1 fully saturated rings. The van der Waals surface area contributed by atoms with Crippen LogP contribution in [0.25, 0.3) is 0 Å². The van der Waals surface area contributed by atoms with Gasteiger partial charge >= 0.3 is 0 Å². The zero-order valence-corrected chi connectivity index (χ0v) is 12.6. The molecule has 2 rings (SSSR count). The van der Waals surface area contributed by atoms with Crippen molar-refractivity contribution in [1.82, 2.24) is 15.1 Å². The fraction of sp³-hybridized carbons (Fsp3) is 0.800. The molecule has 0 spiro atoms. The van der Waals surface area contributed by atoms with Crippen LogP contribution in [0.1, 0.15) is 45.0 Å². The highest BCUT2D eigenvalue weighted by Crippen LogP contribution is 2.23. The van der Waals surface area contributed by atoms with Gasteiger partial charge in [0.15, 0.2) is 0 Å². The lowest BCUT2D eigenvalue weighted by molar-refractivity contribution is 0.0320. The first kappa shape index (κ1) is 14.5. The van der Waals surface area contributed by atoms with E-state index in [4.69, 9.17) is 4.74 Å². The summed E-state index contributed by atoms with van der Waals surface area (Å²) in [6.07, 6.45) is 5.08. The second kappa shape index (κ2) is 6.53. The maximum atomic E-state index is 6.03. The van der Waals surface area contributed by atoms with Crippen molar-refractivity contribution in [1.29, 1.82) is 0 Å². The molecule has 3 atom stereocenters. The molecule has 19 heavy (non-hydrogen) atoms. The van der Waals surface area contributed by atoms with E-state index in [0.717, 1.165) is 25.8 Å². The number of nitrogens with zero attached hydrogens (tertiary/aromatic N) is 2. The third-order valence-electron chi connectivity index (χ3n) is 4.00. The Kier molecular flexibility index (Phi) is 4.99. The van der Waals surface area contributed by atoms with E-state index < -0.39 is 0 Å². The molecule has 1 N–H and O–H groups in total. The van der Waals surface area contributed by atoms with E-state index in [0.29, 0.717) is 18.2 Å². The minimum Gasteiger partial charge on any atom is -0.374 e. The van der Waals surface area contributed by atoms with Crippen molar-refractivity contribution in [3.8, 4) is 0 Å². The van der Waals surface area contributed by atoms with Crippen molar-refractivity contribution in [3.63, 3.8) is 0 Å². The molecule has 0 aliphatic carbocycles. The van der Waals surface area contributed by atoms with E-state index in [1.54, 1.807) is 0 Å². The normalized spacial score (nSPS) is 24.8. The molecule has 2 heterocycles. The summed E-state index contributed by atoms with van der Waals surface area (Å²) in [4.78, 5) is 0. The summed E-state index contributed by atoms with van der Waals surface area (Å²) in [7, 11) is 2.04. The Labute approximate surface area is 116 Å². The number of rotatable bonds is 6. The average Bonchev–Trinajstić information content (AvgIpc) is 2.96. The average molecular weight is 265 g/mol. The lowest BCUT2D eigenvalue weighted by Crippen LogP contribution is -2.42. The molecular formula is C15H27N3O. The lowest BCUT2D eigenvalue weighted by atomic mass is 10.0. The van der Waals surface area contributed by atoms with E-state index in [9.17, 15) is 0 Å². The number of likely N-dealkylation sites (N-methyl/N-ethyl adjacent to an activating group) is 1. The second-order valence-electron chi connectivity index (χ2n) is 5.53. The third kappa shape index (κ3) is 3.57. The van der Waals surface area contributed by atoms with Crippen LogP contribution in [0.2, 0.25) is 0 Å². The van der Waals surface area contributed by atoms with Gasteiger partial charge in [-0.15, -0.1) is 0 Å².